The van der Waals surface area contributed by atoms with E-state index in [1.165, 1.54) is 0 Å². The van der Waals surface area contributed by atoms with Gasteiger partial charge in [-0.15, -0.1) is 0 Å². The highest BCUT2D eigenvalue weighted by Crippen LogP contribution is 2.25. The molecule has 0 aliphatic carbocycles. The van der Waals surface area contributed by atoms with Crippen molar-refractivity contribution in [1.29, 1.82) is 0 Å². The van der Waals surface area contributed by atoms with Crippen LogP contribution >= 0.6 is 0 Å². The smallest absolute Gasteiger partial charge is 0.243 e. The molecule has 1 heterocycles. The molecule has 1 rings (SSSR count). The van der Waals surface area contributed by atoms with Gasteiger partial charge in [-0.2, -0.15) is 0 Å². The third kappa shape index (κ3) is 17.5. The largest absolute Gasteiger partial charge is 0.390 e. The fourth-order valence-corrected chi connectivity index (χ4v) is 5.42. The van der Waals surface area contributed by atoms with E-state index >= 15 is 0 Å². The molecule has 1 aliphatic heterocycles. The van der Waals surface area contributed by atoms with Crippen LogP contribution in [0.5, 0.6) is 0 Å². The Morgan fingerprint density at radius 2 is 1.67 bits per heavy atom. The molecule has 8 heteroatoms. The van der Waals surface area contributed by atoms with Crippen molar-refractivity contribution in [3.05, 3.63) is 36.0 Å². The van der Waals surface area contributed by atoms with Gasteiger partial charge in [0.1, 0.15) is 12.3 Å². The Morgan fingerprint density at radius 3 is 2.16 bits per heavy atom. The van der Waals surface area contributed by atoms with E-state index in [0.717, 1.165) is 37.8 Å². The zero-order chi connectivity index (χ0) is 34.6. The summed E-state index contributed by atoms with van der Waals surface area (Å²) in [4.78, 5) is 29.1. The van der Waals surface area contributed by atoms with Crippen LogP contribution in [0.25, 0.3) is 0 Å². The van der Waals surface area contributed by atoms with Gasteiger partial charge in [0.25, 0.3) is 0 Å². The summed E-state index contributed by atoms with van der Waals surface area (Å²) in [5, 5.41) is 31.4. The molecule has 262 valence electrons. The fourth-order valence-electron chi connectivity index (χ4n) is 5.42. The van der Waals surface area contributed by atoms with Crippen molar-refractivity contribution in [2.45, 2.75) is 152 Å². The maximum absolute atomic E-state index is 13.7. The lowest BCUT2D eigenvalue weighted by atomic mass is 9.85. The van der Waals surface area contributed by atoms with Gasteiger partial charge in [0, 0.05) is 13.1 Å². The molecule has 8 nitrogen and oxygen atoms in total. The van der Waals surface area contributed by atoms with Crippen LogP contribution in [0.1, 0.15) is 121 Å². The molecule has 0 radical (unpaired) electrons. The van der Waals surface area contributed by atoms with Crippen molar-refractivity contribution in [3.8, 4) is 0 Å². The molecule has 0 bridgehead atoms. The summed E-state index contributed by atoms with van der Waals surface area (Å²) in [5.74, 6) is 0.273. The van der Waals surface area contributed by atoms with Gasteiger partial charge in [-0.25, -0.2) is 0 Å². The summed E-state index contributed by atoms with van der Waals surface area (Å²) in [6, 6.07) is -1.68. The van der Waals surface area contributed by atoms with Crippen LogP contribution in [0, 0.1) is 17.3 Å². The summed E-state index contributed by atoms with van der Waals surface area (Å²) in [6.45, 7) is 24.2. The Morgan fingerprint density at radius 1 is 1.00 bits per heavy atom. The minimum absolute atomic E-state index is 0.232. The molecule has 0 aromatic carbocycles. The lowest BCUT2D eigenvalue weighted by Crippen LogP contribution is -2.60. The summed E-state index contributed by atoms with van der Waals surface area (Å²) >= 11 is 0. The summed E-state index contributed by atoms with van der Waals surface area (Å²) in [6.07, 6.45) is 14.3. The molecule has 0 saturated carbocycles. The van der Waals surface area contributed by atoms with Gasteiger partial charge in [0.15, 0.2) is 0 Å². The minimum Gasteiger partial charge on any atom is -0.390 e. The monoisotopic (exact) mass is 635 g/mol. The van der Waals surface area contributed by atoms with Crippen molar-refractivity contribution in [2.24, 2.45) is 17.3 Å². The minimum atomic E-state index is -0.779. The maximum Gasteiger partial charge on any atom is 0.243 e. The van der Waals surface area contributed by atoms with E-state index in [0.29, 0.717) is 44.2 Å². The Hall–Kier alpha value is -2.00. The second kappa shape index (κ2) is 23.3. The highest BCUT2D eigenvalue weighted by molar-refractivity contribution is 5.90. The van der Waals surface area contributed by atoms with Crippen LogP contribution < -0.4 is 16.0 Å². The van der Waals surface area contributed by atoms with Gasteiger partial charge < -0.3 is 26.2 Å². The number of amides is 2. The summed E-state index contributed by atoms with van der Waals surface area (Å²) in [5.41, 5.74) is 0.608. The van der Waals surface area contributed by atoms with E-state index in [1.54, 1.807) is 0 Å². The average Bonchev–Trinajstić information content (AvgIpc) is 3.47. The van der Waals surface area contributed by atoms with E-state index in [1.807, 2.05) is 64.7 Å². The standard InChI is InChI=1S/C32H60N4O4.C5H10/c1-10-14-24(12-3)16-17-28(38)36-18-13-15-26(36)30(39)35-29(32(7,8)9)31(40)34-25(19-23(6)11-2)27(37)21-33-20-22(4)5;1-3-5-4-2/h10,12,14,22-23,25-29,33,37-38H,11,13,15-21H2,1-9H3,(H,34,40)(H,35,39);3,5H,4H2,1-2H3/b14-10-,24-12+;5-3-/t23?,25?,26?,27?,28-,29+;/m0./s1. The predicted molar refractivity (Wildman–Crippen MR) is 190 cm³/mol. The van der Waals surface area contributed by atoms with Crippen LogP contribution in [0.4, 0.5) is 0 Å². The first-order valence-corrected chi connectivity index (χ1v) is 17.5. The molecular weight excluding hydrogens is 564 g/mol. The second-order valence-electron chi connectivity index (χ2n) is 14.0. The second-order valence-corrected chi connectivity index (χ2v) is 14.0. The van der Waals surface area contributed by atoms with Gasteiger partial charge in [0.2, 0.25) is 11.8 Å². The molecule has 1 aliphatic rings. The third-order valence-electron chi connectivity index (χ3n) is 8.36. The number of aliphatic hydroxyl groups excluding tert-OH is 2. The molecule has 2 amide bonds. The van der Waals surface area contributed by atoms with E-state index in [4.69, 9.17) is 0 Å². The van der Waals surface area contributed by atoms with E-state index in [-0.39, 0.29) is 11.8 Å². The van der Waals surface area contributed by atoms with E-state index in [2.05, 4.69) is 62.7 Å². The molecule has 0 aromatic heterocycles. The number of nitrogens with one attached hydrogen (secondary N) is 3. The van der Waals surface area contributed by atoms with Gasteiger partial charge >= 0.3 is 0 Å². The normalized spacial score (nSPS) is 19.7. The Labute approximate surface area is 276 Å². The SMILES string of the molecule is C/C=C\C(=C/C)CC[C@H](O)N1CCCC1C(=O)N[C@H](C(=O)NC(CC(C)CC)C(O)CNCC(C)C)C(C)(C)C.C/C=C\CC. The van der Waals surface area contributed by atoms with Gasteiger partial charge in [-0.05, 0) is 83.1 Å². The highest BCUT2D eigenvalue weighted by atomic mass is 16.3. The molecule has 1 saturated heterocycles. The number of likely N-dealkylation sites (tertiary alicyclic amines) is 1. The number of rotatable bonds is 18. The first-order valence-electron chi connectivity index (χ1n) is 17.5. The average molecular weight is 635 g/mol. The molecule has 6 atom stereocenters. The van der Waals surface area contributed by atoms with Crippen molar-refractivity contribution in [2.75, 3.05) is 19.6 Å². The molecule has 1 fully saturated rings. The predicted octanol–water partition coefficient (Wildman–Crippen LogP) is 6.10. The molecule has 45 heavy (non-hydrogen) atoms. The fraction of sp³-hybridized carbons (Fsp3) is 0.784. The van der Waals surface area contributed by atoms with E-state index < -0.39 is 35.9 Å². The molecule has 4 unspecified atom stereocenters. The third-order valence-corrected chi connectivity index (χ3v) is 8.36. The van der Waals surface area contributed by atoms with Crippen molar-refractivity contribution < 1.29 is 19.8 Å². The molecule has 5 N–H and O–H groups in total. The summed E-state index contributed by atoms with van der Waals surface area (Å²) in [7, 11) is 0. The van der Waals surface area contributed by atoms with Crippen LogP contribution in [-0.4, -0.2) is 77.0 Å². The Kier molecular flexibility index (Phi) is 22.3. The van der Waals surface area contributed by atoms with E-state index in [9.17, 15) is 19.8 Å². The summed E-state index contributed by atoms with van der Waals surface area (Å²) < 4.78 is 0. The zero-order valence-corrected chi connectivity index (χ0v) is 30.7. The maximum atomic E-state index is 13.7. The number of aliphatic hydroxyl groups is 2. The van der Waals surface area contributed by atoms with Gasteiger partial charge in [0.05, 0.1) is 18.2 Å². The number of hydrogen-bond acceptors (Lipinski definition) is 6. The quantitative estimate of drug-likeness (QED) is 0.0920. The zero-order valence-electron chi connectivity index (χ0n) is 30.7. The van der Waals surface area contributed by atoms with Crippen molar-refractivity contribution in [1.82, 2.24) is 20.9 Å². The first-order chi connectivity index (χ1) is 21.2. The van der Waals surface area contributed by atoms with Crippen LogP contribution in [0.2, 0.25) is 0 Å². The highest BCUT2D eigenvalue weighted by Gasteiger charge is 2.40. The number of carbonyl (C=O) groups excluding carboxylic acids is 2. The topological polar surface area (TPSA) is 114 Å². The number of carbonyl (C=O) groups is 2. The first kappa shape index (κ1) is 43.0. The van der Waals surface area contributed by atoms with Crippen LogP contribution in [0.15, 0.2) is 36.0 Å². The Balaban J connectivity index is 0.00000356. The lowest BCUT2D eigenvalue weighted by Gasteiger charge is -2.36. The van der Waals surface area contributed by atoms with Crippen LogP contribution in [-0.2, 0) is 9.59 Å². The lowest BCUT2D eigenvalue weighted by molar-refractivity contribution is -0.137. The van der Waals surface area contributed by atoms with Crippen LogP contribution in [0.3, 0.4) is 0 Å². The Bertz CT molecular complexity index is 909. The number of allylic oxidation sites excluding steroid dienone is 6. The number of hydrogen-bond donors (Lipinski definition) is 5. The van der Waals surface area contributed by atoms with Gasteiger partial charge in [-0.3, -0.25) is 14.5 Å². The number of nitrogens with zero attached hydrogens (tertiary/aromatic N) is 1. The van der Waals surface area contributed by atoms with Crippen molar-refractivity contribution in [3.63, 3.8) is 0 Å². The molecular formula is C37H70N4O4. The van der Waals surface area contributed by atoms with Crippen molar-refractivity contribution >= 4 is 11.8 Å². The molecule has 0 aromatic rings. The molecule has 0 spiro atoms. The van der Waals surface area contributed by atoms with Gasteiger partial charge in [-0.1, -0.05) is 97.8 Å².